The molecule has 0 amide bonds. The van der Waals surface area contributed by atoms with Crippen LogP contribution < -0.4 is 0 Å². The molecule has 1 saturated heterocycles. The van der Waals surface area contributed by atoms with E-state index in [0.717, 1.165) is 12.8 Å². The molecule has 0 aromatic heterocycles. The number of unbranched alkanes of at least 4 members (excludes halogenated alkanes) is 3. The van der Waals surface area contributed by atoms with Gasteiger partial charge in [0.15, 0.2) is 0 Å². The van der Waals surface area contributed by atoms with E-state index in [9.17, 15) is 10.2 Å². The summed E-state index contributed by atoms with van der Waals surface area (Å²) in [6.45, 7) is 2.58. The van der Waals surface area contributed by atoms with E-state index in [1.165, 1.54) is 19.3 Å². The van der Waals surface area contributed by atoms with Crippen molar-refractivity contribution in [2.75, 3.05) is 19.8 Å². The van der Waals surface area contributed by atoms with Crippen molar-refractivity contribution < 1.29 is 24.8 Å². The van der Waals surface area contributed by atoms with Crippen molar-refractivity contribution in [1.82, 2.24) is 0 Å². The van der Waals surface area contributed by atoms with Crippen LogP contribution in [0.25, 0.3) is 0 Å². The molecule has 1 aliphatic heterocycles. The Hall–Kier alpha value is -0.460. The Kier molecular flexibility index (Phi) is 9.05. The Labute approximate surface area is 121 Å². The van der Waals surface area contributed by atoms with Gasteiger partial charge in [-0.15, -0.1) is 0 Å². The molecule has 0 aromatic carbocycles. The number of rotatable bonds is 9. The minimum absolute atomic E-state index is 0.198. The van der Waals surface area contributed by atoms with E-state index >= 15 is 0 Å². The predicted octanol–water partition coefficient (Wildman–Crippen LogP) is 1.01. The van der Waals surface area contributed by atoms with Crippen molar-refractivity contribution >= 4 is 0 Å². The first kappa shape index (κ1) is 17.6. The summed E-state index contributed by atoms with van der Waals surface area (Å²) in [5, 5.41) is 28.5. The predicted molar refractivity (Wildman–Crippen MR) is 76.5 cm³/mol. The second-order valence-electron chi connectivity index (χ2n) is 5.20. The van der Waals surface area contributed by atoms with Gasteiger partial charge in [0.2, 0.25) is 0 Å². The van der Waals surface area contributed by atoms with Gasteiger partial charge in [-0.25, -0.2) is 0 Å². The van der Waals surface area contributed by atoms with E-state index < -0.39 is 24.4 Å². The average Bonchev–Trinajstić information content (AvgIpc) is 2.46. The third-order valence-corrected chi connectivity index (χ3v) is 3.52. The van der Waals surface area contributed by atoms with Crippen LogP contribution in [-0.4, -0.2) is 59.6 Å². The first-order valence-electron chi connectivity index (χ1n) is 7.55. The third-order valence-electron chi connectivity index (χ3n) is 3.52. The second-order valence-corrected chi connectivity index (χ2v) is 5.20. The summed E-state index contributed by atoms with van der Waals surface area (Å²) < 4.78 is 10.8. The molecule has 0 aliphatic carbocycles. The van der Waals surface area contributed by atoms with E-state index in [1.54, 1.807) is 0 Å². The zero-order valence-electron chi connectivity index (χ0n) is 12.3. The molecule has 118 valence electrons. The Morgan fingerprint density at radius 2 is 1.90 bits per heavy atom. The summed E-state index contributed by atoms with van der Waals surface area (Å²) in [5.74, 6) is 0. The summed E-state index contributed by atoms with van der Waals surface area (Å²) in [4.78, 5) is 0. The minimum Gasteiger partial charge on any atom is -0.394 e. The van der Waals surface area contributed by atoms with Gasteiger partial charge in [0.1, 0.15) is 24.4 Å². The zero-order valence-corrected chi connectivity index (χ0v) is 12.3. The molecule has 5 nitrogen and oxygen atoms in total. The highest BCUT2D eigenvalue weighted by atomic mass is 16.6. The summed E-state index contributed by atoms with van der Waals surface area (Å²) >= 11 is 0. The molecule has 0 spiro atoms. The minimum atomic E-state index is -1.09. The Balaban J connectivity index is 2.13. The fraction of sp³-hybridized carbons (Fsp3) is 0.867. The average molecular weight is 288 g/mol. The lowest BCUT2D eigenvalue weighted by molar-refractivity contribution is -0.208. The highest BCUT2D eigenvalue weighted by molar-refractivity contribution is 4.88. The molecule has 3 N–H and O–H groups in total. The topological polar surface area (TPSA) is 79.2 Å². The van der Waals surface area contributed by atoms with Crippen LogP contribution in [0.1, 0.15) is 39.0 Å². The first-order chi connectivity index (χ1) is 9.70. The first-order valence-corrected chi connectivity index (χ1v) is 7.55. The molecule has 0 unspecified atom stereocenters. The van der Waals surface area contributed by atoms with Gasteiger partial charge in [-0.05, 0) is 19.3 Å². The Morgan fingerprint density at radius 3 is 2.60 bits per heavy atom. The van der Waals surface area contributed by atoms with Gasteiger partial charge in [0.25, 0.3) is 0 Å². The molecule has 4 atom stereocenters. The molecular formula is C15H28O5. The summed E-state index contributed by atoms with van der Waals surface area (Å²) in [5.41, 5.74) is 0. The summed E-state index contributed by atoms with van der Waals surface area (Å²) in [6, 6.07) is 0. The van der Waals surface area contributed by atoms with Gasteiger partial charge >= 0.3 is 0 Å². The quantitative estimate of drug-likeness (QED) is 0.436. The maximum absolute atomic E-state index is 9.85. The van der Waals surface area contributed by atoms with E-state index in [-0.39, 0.29) is 13.2 Å². The van der Waals surface area contributed by atoms with Crippen LogP contribution in [-0.2, 0) is 9.47 Å². The third kappa shape index (κ3) is 5.89. The summed E-state index contributed by atoms with van der Waals surface area (Å²) in [7, 11) is 0. The van der Waals surface area contributed by atoms with Gasteiger partial charge < -0.3 is 24.8 Å². The lowest BCUT2D eigenvalue weighted by Gasteiger charge is -2.36. The highest BCUT2D eigenvalue weighted by Gasteiger charge is 2.38. The number of ether oxygens (including phenoxy) is 2. The van der Waals surface area contributed by atoms with Crippen molar-refractivity contribution in [2.24, 2.45) is 0 Å². The van der Waals surface area contributed by atoms with Crippen LogP contribution in [0, 0.1) is 0 Å². The van der Waals surface area contributed by atoms with Gasteiger partial charge in [-0.2, -0.15) is 0 Å². The van der Waals surface area contributed by atoms with E-state index in [4.69, 9.17) is 14.6 Å². The lowest BCUT2D eigenvalue weighted by Crippen LogP contribution is -2.55. The largest absolute Gasteiger partial charge is 0.394 e. The molecule has 0 aromatic rings. The van der Waals surface area contributed by atoms with E-state index in [1.807, 2.05) is 0 Å². The van der Waals surface area contributed by atoms with E-state index in [0.29, 0.717) is 6.61 Å². The van der Waals surface area contributed by atoms with Crippen molar-refractivity contribution in [3.63, 3.8) is 0 Å². The Morgan fingerprint density at radius 1 is 1.15 bits per heavy atom. The summed E-state index contributed by atoms with van der Waals surface area (Å²) in [6.07, 6.45) is 6.49. The fourth-order valence-electron chi connectivity index (χ4n) is 2.20. The smallest absolute Gasteiger partial charge is 0.111 e. The zero-order chi connectivity index (χ0) is 14.8. The normalized spacial score (nSPS) is 31.0. The lowest BCUT2D eigenvalue weighted by atomic mass is 10.0. The number of hydrogen-bond acceptors (Lipinski definition) is 5. The number of aliphatic hydroxyl groups is 3. The van der Waals surface area contributed by atoms with E-state index in [2.05, 4.69) is 19.1 Å². The van der Waals surface area contributed by atoms with Crippen LogP contribution in [0.2, 0.25) is 0 Å². The SMILES string of the molecule is CCCCC/C=C/CCO[C@H]1CO[C@H](CO)[C@@H](O)[C@@H]1O. The molecule has 0 bridgehead atoms. The molecule has 0 saturated carbocycles. The van der Waals surface area contributed by atoms with Gasteiger partial charge in [0.05, 0.1) is 19.8 Å². The van der Waals surface area contributed by atoms with Crippen LogP contribution in [0.3, 0.4) is 0 Å². The Bertz CT molecular complexity index is 269. The van der Waals surface area contributed by atoms with Gasteiger partial charge in [-0.3, -0.25) is 0 Å². The van der Waals surface area contributed by atoms with Crippen LogP contribution in [0.15, 0.2) is 12.2 Å². The molecule has 1 heterocycles. The van der Waals surface area contributed by atoms with Crippen LogP contribution in [0.4, 0.5) is 0 Å². The molecule has 1 rings (SSSR count). The van der Waals surface area contributed by atoms with Crippen LogP contribution >= 0.6 is 0 Å². The monoisotopic (exact) mass is 288 g/mol. The van der Waals surface area contributed by atoms with Crippen molar-refractivity contribution in [1.29, 1.82) is 0 Å². The number of aliphatic hydroxyl groups excluding tert-OH is 3. The molecule has 20 heavy (non-hydrogen) atoms. The second kappa shape index (κ2) is 10.3. The van der Waals surface area contributed by atoms with Crippen LogP contribution in [0.5, 0.6) is 0 Å². The number of hydrogen-bond donors (Lipinski definition) is 3. The molecule has 0 radical (unpaired) electrons. The maximum Gasteiger partial charge on any atom is 0.111 e. The van der Waals surface area contributed by atoms with Crippen molar-refractivity contribution in [3.8, 4) is 0 Å². The molecular weight excluding hydrogens is 260 g/mol. The standard InChI is InChI=1S/C15H28O5/c1-2-3-4-5-6-7-8-9-19-13-11-20-12(10-16)14(17)15(13)18/h6-7,12-18H,2-5,8-11H2,1H3/b7-6+/t12-,13+,14-,15-/m1/s1. The molecule has 1 fully saturated rings. The highest BCUT2D eigenvalue weighted by Crippen LogP contribution is 2.17. The fourth-order valence-corrected chi connectivity index (χ4v) is 2.20. The van der Waals surface area contributed by atoms with Gasteiger partial charge in [0, 0.05) is 0 Å². The molecule has 5 heteroatoms. The van der Waals surface area contributed by atoms with Crippen molar-refractivity contribution in [3.05, 3.63) is 12.2 Å². The molecule has 1 aliphatic rings. The van der Waals surface area contributed by atoms with Gasteiger partial charge in [-0.1, -0.05) is 31.9 Å². The van der Waals surface area contributed by atoms with Crippen molar-refractivity contribution in [2.45, 2.75) is 63.4 Å². The number of allylic oxidation sites excluding steroid dienone is 1. The maximum atomic E-state index is 9.85.